The SMILES string of the molecule is CC(=O)[C@@H](Cc1ccccc1)NC(=O)CSc1nnc(Cc2ccccc2)n1-c1ccc(F)cc1. The Morgan fingerprint density at radius 3 is 2.17 bits per heavy atom. The number of hydrogen-bond donors (Lipinski definition) is 1. The molecular formula is C27H25FN4O2S. The Bertz CT molecular complexity index is 1280. The van der Waals surface area contributed by atoms with Gasteiger partial charge in [-0.3, -0.25) is 14.2 Å². The second-order valence-corrected chi connectivity index (χ2v) is 9.02. The van der Waals surface area contributed by atoms with E-state index >= 15 is 0 Å². The number of nitrogens with zero attached hydrogens (tertiary/aromatic N) is 3. The molecule has 0 aliphatic heterocycles. The fourth-order valence-electron chi connectivity index (χ4n) is 3.65. The number of halogens is 1. The highest BCUT2D eigenvalue weighted by molar-refractivity contribution is 7.99. The number of hydrogen-bond acceptors (Lipinski definition) is 5. The lowest BCUT2D eigenvalue weighted by Gasteiger charge is -2.16. The highest BCUT2D eigenvalue weighted by Crippen LogP contribution is 2.24. The molecule has 3 aromatic carbocycles. The van der Waals surface area contributed by atoms with E-state index in [0.717, 1.165) is 11.1 Å². The fourth-order valence-corrected chi connectivity index (χ4v) is 4.43. The molecule has 0 saturated heterocycles. The minimum atomic E-state index is -0.603. The van der Waals surface area contributed by atoms with Crippen LogP contribution in [0.25, 0.3) is 5.69 Å². The molecule has 1 aromatic heterocycles. The predicted molar refractivity (Wildman–Crippen MR) is 134 cm³/mol. The van der Waals surface area contributed by atoms with Crippen LogP contribution in [0.15, 0.2) is 90.1 Å². The summed E-state index contributed by atoms with van der Waals surface area (Å²) in [6.07, 6.45) is 0.959. The van der Waals surface area contributed by atoms with Crippen LogP contribution in [0, 0.1) is 5.82 Å². The molecule has 1 heterocycles. The van der Waals surface area contributed by atoms with Gasteiger partial charge in [0, 0.05) is 12.1 Å². The van der Waals surface area contributed by atoms with Crippen LogP contribution in [0.1, 0.15) is 23.9 Å². The van der Waals surface area contributed by atoms with Gasteiger partial charge in [0.05, 0.1) is 11.8 Å². The van der Waals surface area contributed by atoms with Crippen molar-refractivity contribution in [1.29, 1.82) is 0 Å². The number of carbonyl (C=O) groups excluding carboxylic acids is 2. The lowest BCUT2D eigenvalue weighted by Crippen LogP contribution is -2.42. The van der Waals surface area contributed by atoms with E-state index in [9.17, 15) is 14.0 Å². The van der Waals surface area contributed by atoms with Crippen molar-refractivity contribution in [2.75, 3.05) is 5.75 Å². The molecule has 0 aliphatic rings. The average Bonchev–Trinajstić information content (AvgIpc) is 3.26. The van der Waals surface area contributed by atoms with Crippen LogP contribution in [0.4, 0.5) is 4.39 Å². The van der Waals surface area contributed by atoms with Gasteiger partial charge >= 0.3 is 0 Å². The van der Waals surface area contributed by atoms with Gasteiger partial charge in [-0.25, -0.2) is 4.39 Å². The first-order valence-corrected chi connectivity index (χ1v) is 12.2. The van der Waals surface area contributed by atoms with E-state index in [2.05, 4.69) is 15.5 Å². The number of aromatic nitrogens is 3. The Kier molecular flexibility index (Phi) is 8.05. The van der Waals surface area contributed by atoms with Gasteiger partial charge in [0.15, 0.2) is 10.9 Å². The standard InChI is InChI=1S/C27H25FN4O2S/c1-19(33)24(16-20-8-4-2-5-9-20)29-26(34)18-35-27-31-30-25(17-21-10-6-3-7-11-21)32(27)23-14-12-22(28)13-15-23/h2-15,24H,16-18H2,1H3,(H,29,34)/t24-/m1/s1. The third-order valence-corrected chi connectivity index (χ3v) is 6.36. The maximum Gasteiger partial charge on any atom is 0.231 e. The van der Waals surface area contributed by atoms with Gasteiger partial charge in [0.2, 0.25) is 5.91 Å². The van der Waals surface area contributed by atoms with Crippen LogP contribution in [-0.4, -0.2) is 38.2 Å². The normalized spacial score (nSPS) is 11.7. The second-order valence-electron chi connectivity index (χ2n) is 8.08. The molecule has 6 nitrogen and oxygen atoms in total. The Morgan fingerprint density at radius 1 is 0.914 bits per heavy atom. The van der Waals surface area contributed by atoms with Crippen LogP contribution < -0.4 is 5.32 Å². The largest absolute Gasteiger partial charge is 0.345 e. The molecule has 178 valence electrons. The van der Waals surface area contributed by atoms with E-state index in [1.54, 1.807) is 12.1 Å². The summed E-state index contributed by atoms with van der Waals surface area (Å²) in [5.41, 5.74) is 2.74. The fraction of sp³-hybridized carbons (Fsp3) is 0.185. The Balaban J connectivity index is 1.49. The van der Waals surface area contributed by atoms with Gasteiger partial charge in [0.25, 0.3) is 0 Å². The first-order chi connectivity index (χ1) is 17.0. The third-order valence-electron chi connectivity index (χ3n) is 5.43. The van der Waals surface area contributed by atoms with E-state index in [1.165, 1.54) is 30.8 Å². The molecule has 0 saturated carbocycles. The maximum atomic E-state index is 13.5. The van der Waals surface area contributed by atoms with Crippen molar-refractivity contribution in [2.24, 2.45) is 0 Å². The molecule has 0 unspecified atom stereocenters. The third kappa shape index (κ3) is 6.64. The molecule has 4 aromatic rings. The minimum Gasteiger partial charge on any atom is -0.345 e. The number of carbonyl (C=O) groups is 2. The summed E-state index contributed by atoms with van der Waals surface area (Å²) in [5, 5.41) is 12.0. The molecule has 1 atom stereocenters. The molecule has 0 bridgehead atoms. The molecule has 1 N–H and O–H groups in total. The van der Waals surface area contributed by atoms with Gasteiger partial charge in [0.1, 0.15) is 11.6 Å². The molecule has 0 spiro atoms. The van der Waals surface area contributed by atoms with Crippen LogP contribution >= 0.6 is 11.8 Å². The van der Waals surface area contributed by atoms with E-state index < -0.39 is 6.04 Å². The number of thioether (sulfide) groups is 1. The zero-order valence-corrected chi connectivity index (χ0v) is 20.0. The van der Waals surface area contributed by atoms with Crippen molar-refractivity contribution >= 4 is 23.5 Å². The molecule has 4 rings (SSSR count). The van der Waals surface area contributed by atoms with E-state index in [-0.39, 0.29) is 23.3 Å². The van der Waals surface area contributed by atoms with Crippen LogP contribution in [0.5, 0.6) is 0 Å². The summed E-state index contributed by atoms with van der Waals surface area (Å²) < 4.78 is 15.4. The highest BCUT2D eigenvalue weighted by Gasteiger charge is 2.20. The van der Waals surface area contributed by atoms with Crippen molar-refractivity contribution in [3.63, 3.8) is 0 Å². The molecule has 0 aliphatic carbocycles. The second kappa shape index (κ2) is 11.6. The van der Waals surface area contributed by atoms with Gasteiger partial charge < -0.3 is 5.32 Å². The van der Waals surface area contributed by atoms with Gasteiger partial charge in [-0.2, -0.15) is 0 Å². The number of Topliss-reactive ketones (excluding diaryl/α,β-unsaturated/α-hetero) is 1. The summed E-state index contributed by atoms with van der Waals surface area (Å²) in [6.45, 7) is 1.47. The summed E-state index contributed by atoms with van der Waals surface area (Å²) >= 11 is 1.22. The average molecular weight is 489 g/mol. The number of nitrogens with one attached hydrogen (secondary N) is 1. The summed E-state index contributed by atoms with van der Waals surface area (Å²) in [4.78, 5) is 24.8. The van der Waals surface area contributed by atoms with Gasteiger partial charge in [-0.05, 0) is 48.7 Å². The molecule has 35 heavy (non-hydrogen) atoms. The van der Waals surface area contributed by atoms with E-state index in [0.29, 0.717) is 29.5 Å². The quantitative estimate of drug-likeness (QED) is 0.335. The molecule has 0 fully saturated rings. The molecule has 8 heteroatoms. The monoisotopic (exact) mass is 488 g/mol. The zero-order chi connectivity index (χ0) is 24.6. The predicted octanol–water partition coefficient (Wildman–Crippen LogP) is 4.41. The zero-order valence-electron chi connectivity index (χ0n) is 19.2. The Morgan fingerprint density at radius 2 is 1.54 bits per heavy atom. The van der Waals surface area contributed by atoms with Crippen molar-refractivity contribution in [3.8, 4) is 5.69 Å². The Hall–Kier alpha value is -3.78. The van der Waals surface area contributed by atoms with Gasteiger partial charge in [-0.15, -0.1) is 10.2 Å². The minimum absolute atomic E-state index is 0.0588. The number of ketones is 1. The molecule has 1 amide bonds. The number of rotatable bonds is 10. The highest BCUT2D eigenvalue weighted by atomic mass is 32.2. The first-order valence-electron chi connectivity index (χ1n) is 11.2. The Labute approximate surface area is 207 Å². The summed E-state index contributed by atoms with van der Waals surface area (Å²) in [5.74, 6) is 0.0183. The van der Waals surface area contributed by atoms with Crippen LogP contribution in [-0.2, 0) is 22.4 Å². The maximum absolute atomic E-state index is 13.5. The van der Waals surface area contributed by atoms with Crippen molar-refractivity contribution in [1.82, 2.24) is 20.1 Å². The lowest BCUT2D eigenvalue weighted by atomic mass is 10.0. The van der Waals surface area contributed by atoms with Crippen molar-refractivity contribution in [2.45, 2.75) is 31.0 Å². The van der Waals surface area contributed by atoms with Gasteiger partial charge in [-0.1, -0.05) is 72.4 Å². The van der Waals surface area contributed by atoms with E-state index in [4.69, 9.17) is 0 Å². The van der Waals surface area contributed by atoms with E-state index in [1.807, 2.05) is 65.2 Å². The first kappa shape index (κ1) is 24.3. The smallest absolute Gasteiger partial charge is 0.231 e. The number of benzene rings is 3. The van der Waals surface area contributed by atoms with Crippen molar-refractivity contribution in [3.05, 3.63) is 108 Å². The molecular weight excluding hydrogens is 463 g/mol. The van der Waals surface area contributed by atoms with Crippen molar-refractivity contribution < 1.29 is 14.0 Å². The number of amides is 1. The topological polar surface area (TPSA) is 76.9 Å². The summed E-state index contributed by atoms with van der Waals surface area (Å²) in [7, 11) is 0. The molecule has 0 radical (unpaired) electrons. The summed E-state index contributed by atoms with van der Waals surface area (Å²) in [6, 6.07) is 24.9. The lowest BCUT2D eigenvalue weighted by molar-refractivity contribution is -0.125. The van der Waals surface area contributed by atoms with Crippen LogP contribution in [0.2, 0.25) is 0 Å². The van der Waals surface area contributed by atoms with Crippen LogP contribution in [0.3, 0.4) is 0 Å².